The van der Waals surface area contributed by atoms with Crippen LogP contribution in [0.25, 0.3) is 0 Å². The van der Waals surface area contributed by atoms with Crippen LogP contribution in [-0.2, 0) is 9.59 Å². The number of amides is 2. The van der Waals surface area contributed by atoms with Gasteiger partial charge in [-0.3, -0.25) is 24.6 Å². The van der Waals surface area contributed by atoms with Gasteiger partial charge in [-0.05, 0) is 43.2 Å². The lowest BCUT2D eigenvalue weighted by molar-refractivity contribution is -0.384. The summed E-state index contributed by atoms with van der Waals surface area (Å²) in [7, 11) is 0. The first kappa shape index (κ1) is 18.8. The molecule has 2 aromatic rings. The average molecular weight is 394 g/mol. The number of non-ortho nitro benzene ring substituents is 1. The molecule has 8 nitrogen and oxygen atoms in total. The number of benzene rings is 2. The summed E-state index contributed by atoms with van der Waals surface area (Å²) >= 11 is 0. The van der Waals surface area contributed by atoms with Gasteiger partial charge in [0.15, 0.2) is 0 Å². The van der Waals surface area contributed by atoms with Crippen molar-refractivity contribution in [1.82, 2.24) is 0 Å². The summed E-state index contributed by atoms with van der Waals surface area (Å²) in [6.07, 6.45) is 3.40. The molecule has 0 N–H and O–H groups in total. The van der Waals surface area contributed by atoms with Crippen LogP contribution in [-0.4, -0.2) is 22.7 Å². The number of hydrogen-bond acceptors (Lipinski definition) is 6. The standard InChI is InChI=1S/C21H18N2O6/c24-19-17-6-1-2-7-18(17)20(25)22(19)14-8-10-16(11-9-14)29-21(26)13-4-3-5-15(12-13)23(27)28/h3-5,8-12,17-18H,1-2,6-7H2/t17-,18+. The minimum absolute atomic E-state index is 0.0530. The van der Waals surface area contributed by atoms with Gasteiger partial charge in [0.05, 0.1) is 28.0 Å². The molecule has 29 heavy (non-hydrogen) atoms. The Hall–Kier alpha value is -3.55. The van der Waals surface area contributed by atoms with Crippen molar-refractivity contribution in [2.75, 3.05) is 4.90 Å². The van der Waals surface area contributed by atoms with Crippen molar-refractivity contribution < 1.29 is 24.0 Å². The van der Waals surface area contributed by atoms with Crippen molar-refractivity contribution in [3.05, 3.63) is 64.2 Å². The fourth-order valence-electron chi connectivity index (χ4n) is 3.99. The van der Waals surface area contributed by atoms with E-state index < -0.39 is 10.9 Å². The SMILES string of the molecule is O=C(Oc1ccc(N2C(=O)[C@H]3CCCC[C@H]3C2=O)cc1)c1cccc([N+](=O)[O-])c1. The van der Waals surface area contributed by atoms with Gasteiger partial charge in [-0.1, -0.05) is 18.9 Å². The molecular weight excluding hydrogens is 376 g/mol. The van der Waals surface area contributed by atoms with Crippen molar-refractivity contribution in [2.24, 2.45) is 11.8 Å². The Bertz CT molecular complexity index is 976. The Kier molecular flexibility index (Phi) is 4.84. The molecule has 1 saturated heterocycles. The predicted octanol–water partition coefficient (Wildman–Crippen LogP) is 3.49. The molecule has 2 aliphatic rings. The van der Waals surface area contributed by atoms with Crippen LogP contribution >= 0.6 is 0 Å². The summed E-state index contributed by atoms with van der Waals surface area (Å²) in [6.45, 7) is 0. The second-order valence-electron chi connectivity index (χ2n) is 7.20. The highest BCUT2D eigenvalue weighted by Gasteiger charge is 2.48. The molecule has 148 valence electrons. The first-order chi connectivity index (χ1) is 14.0. The monoisotopic (exact) mass is 394 g/mol. The molecule has 0 spiro atoms. The number of rotatable bonds is 4. The third kappa shape index (κ3) is 3.49. The molecule has 0 bridgehead atoms. The maximum absolute atomic E-state index is 12.6. The zero-order valence-corrected chi connectivity index (χ0v) is 15.4. The lowest BCUT2D eigenvalue weighted by atomic mass is 9.81. The molecule has 2 aromatic carbocycles. The fraction of sp³-hybridized carbons (Fsp3) is 0.286. The Labute approximate surface area is 166 Å². The Morgan fingerprint density at radius 1 is 1.00 bits per heavy atom. The van der Waals surface area contributed by atoms with Gasteiger partial charge in [0.2, 0.25) is 11.8 Å². The summed E-state index contributed by atoms with van der Waals surface area (Å²) < 4.78 is 5.25. The number of imide groups is 1. The summed E-state index contributed by atoms with van der Waals surface area (Å²) in [5, 5.41) is 10.8. The van der Waals surface area contributed by atoms with Crippen LogP contribution in [0.15, 0.2) is 48.5 Å². The largest absolute Gasteiger partial charge is 0.423 e. The van der Waals surface area contributed by atoms with E-state index >= 15 is 0 Å². The zero-order valence-electron chi connectivity index (χ0n) is 15.4. The molecule has 2 amide bonds. The number of fused-ring (bicyclic) bond motifs is 1. The van der Waals surface area contributed by atoms with Crippen LogP contribution in [0.5, 0.6) is 5.75 Å². The van der Waals surface area contributed by atoms with E-state index in [1.807, 2.05) is 0 Å². The van der Waals surface area contributed by atoms with Gasteiger partial charge in [0, 0.05) is 12.1 Å². The lowest BCUT2D eigenvalue weighted by Gasteiger charge is -2.19. The maximum atomic E-state index is 12.6. The molecule has 2 fully saturated rings. The van der Waals surface area contributed by atoms with Crippen molar-refractivity contribution >= 4 is 29.2 Å². The van der Waals surface area contributed by atoms with Crippen molar-refractivity contribution in [2.45, 2.75) is 25.7 Å². The van der Waals surface area contributed by atoms with Crippen molar-refractivity contribution in [3.63, 3.8) is 0 Å². The van der Waals surface area contributed by atoms with Gasteiger partial charge in [0.25, 0.3) is 5.69 Å². The van der Waals surface area contributed by atoms with Gasteiger partial charge in [0.1, 0.15) is 5.75 Å². The highest BCUT2D eigenvalue weighted by Crippen LogP contribution is 2.40. The molecule has 0 aromatic heterocycles. The molecule has 1 heterocycles. The number of ether oxygens (including phenoxy) is 1. The van der Waals surface area contributed by atoms with E-state index in [1.54, 1.807) is 12.1 Å². The number of hydrogen-bond donors (Lipinski definition) is 0. The van der Waals surface area contributed by atoms with Gasteiger partial charge in [-0.2, -0.15) is 0 Å². The van der Waals surface area contributed by atoms with Crippen LogP contribution in [0.2, 0.25) is 0 Å². The van der Waals surface area contributed by atoms with Crippen LogP contribution in [0, 0.1) is 22.0 Å². The maximum Gasteiger partial charge on any atom is 0.343 e. The minimum Gasteiger partial charge on any atom is -0.423 e. The van der Waals surface area contributed by atoms with Crippen LogP contribution in [0.3, 0.4) is 0 Å². The lowest BCUT2D eigenvalue weighted by Crippen LogP contribution is -2.30. The highest BCUT2D eigenvalue weighted by atomic mass is 16.6. The van der Waals surface area contributed by atoms with Gasteiger partial charge < -0.3 is 4.74 Å². The number of nitro groups is 1. The summed E-state index contributed by atoms with van der Waals surface area (Å²) in [4.78, 5) is 49.0. The molecule has 2 atom stereocenters. The Morgan fingerprint density at radius 3 is 2.21 bits per heavy atom. The molecule has 8 heteroatoms. The summed E-state index contributed by atoms with van der Waals surface area (Å²) in [6, 6.07) is 11.4. The molecule has 0 unspecified atom stereocenters. The topological polar surface area (TPSA) is 107 Å². The second-order valence-corrected chi connectivity index (χ2v) is 7.20. The first-order valence-electron chi connectivity index (χ1n) is 9.40. The van der Waals surface area contributed by atoms with Crippen molar-refractivity contribution in [1.29, 1.82) is 0 Å². The average Bonchev–Trinajstić information content (AvgIpc) is 2.99. The number of anilines is 1. The number of esters is 1. The van der Waals surface area contributed by atoms with E-state index in [0.717, 1.165) is 31.7 Å². The summed E-state index contributed by atoms with van der Waals surface area (Å²) in [5.41, 5.74) is 0.295. The van der Waals surface area contributed by atoms with E-state index in [1.165, 1.54) is 35.2 Å². The molecule has 1 aliphatic heterocycles. The zero-order chi connectivity index (χ0) is 20.5. The Morgan fingerprint density at radius 2 is 1.62 bits per heavy atom. The van der Waals surface area contributed by atoms with E-state index in [4.69, 9.17) is 4.74 Å². The summed E-state index contributed by atoms with van der Waals surface area (Å²) in [5.74, 6) is -1.32. The van der Waals surface area contributed by atoms with Crippen LogP contribution in [0.1, 0.15) is 36.0 Å². The number of nitro benzene ring substituents is 1. The number of nitrogens with zero attached hydrogens (tertiary/aromatic N) is 2. The van der Waals surface area contributed by atoms with Crippen LogP contribution in [0.4, 0.5) is 11.4 Å². The van der Waals surface area contributed by atoms with Crippen molar-refractivity contribution in [3.8, 4) is 5.75 Å². The first-order valence-corrected chi connectivity index (χ1v) is 9.40. The smallest absolute Gasteiger partial charge is 0.343 e. The van der Waals surface area contributed by atoms with Crippen LogP contribution < -0.4 is 9.64 Å². The molecule has 4 rings (SSSR count). The molecular formula is C21H18N2O6. The molecule has 1 aliphatic carbocycles. The number of carbonyl (C=O) groups excluding carboxylic acids is 3. The van der Waals surface area contributed by atoms with Gasteiger partial charge in [-0.15, -0.1) is 0 Å². The third-order valence-corrected chi connectivity index (χ3v) is 5.44. The van der Waals surface area contributed by atoms with E-state index in [2.05, 4.69) is 0 Å². The highest BCUT2D eigenvalue weighted by molar-refractivity contribution is 6.22. The van der Waals surface area contributed by atoms with E-state index in [-0.39, 0.29) is 40.7 Å². The van der Waals surface area contributed by atoms with Gasteiger partial charge in [-0.25, -0.2) is 4.79 Å². The molecule has 1 saturated carbocycles. The minimum atomic E-state index is -0.735. The van der Waals surface area contributed by atoms with E-state index in [0.29, 0.717) is 5.69 Å². The normalized spacial score (nSPS) is 21.0. The molecule has 0 radical (unpaired) electrons. The van der Waals surface area contributed by atoms with Gasteiger partial charge >= 0.3 is 5.97 Å². The van der Waals surface area contributed by atoms with E-state index in [9.17, 15) is 24.5 Å². The number of carbonyl (C=O) groups is 3. The quantitative estimate of drug-likeness (QED) is 0.258. The third-order valence-electron chi connectivity index (χ3n) is 5.44. The second kappa shape index (κ2) is 7.46. The fourth-order valence-corrected chi connectivity index (χ4v) is 3.99. The Balaban J connectivity index is 1.49. The predicted molar refractivity (Wildman–Crippen MR) is 102 cm³/mol.